The third-order valence-electron chi connectivity index (χ3n) is 1.89. The zero-order valence-electron chi connectivity index (χ0n) is 9.82. The molecule has 0 aromatic heterocycles. The van der Waals surface area contributed by atoms with Gasteiger partial charge >= 0.3 is 0 Å². The standard InChI is InChI=1S/C7H14.2C2H6.H3N/c1-7-5-3-2-4-6-7;2*1-2;/h7H,2-6H2,1H3;2*1-2H3;1H3. The van der Waals surface area contributed by atoms with Crippen molar-refractivity contribution in [3.05, 3.63) is 0 Å². The second kappa shape index (κ2) is 17.2. The van der Waals surface area contributed by atoms with Gasteiger partial charge in [-0.25, -0.2) is 0 Å². The summed E-state index contributed by atoms with van der Waals surface area (Å²) in [6.07, 6.45) is 7.44. The molecule has 1 saturated carbocycles. The molecule has 0 spiro atoms. The molecule has 78 valence electrons. The van der Waals surface area contributed by atoms with Crippen LogP contribution in [0.1, 0.15) is 66.7 Å². The van der Waals surface area contributed by atoms with E-state index in [1.54, 1.807) is 0 Å². The van der Waals surface area contributed by atoms with Crippen molar-refractivity contribution < 1.29 is 0 Å². The van der Waals surface area contributed by atoms with Gasteiger partial charge in [0.2, 0.25) is 0 Å². The topological polar surface area (TPSA) is 35.0 Å². The van der Waals surface area contributed by atoms with Crippen LogP contribution in [0.2, 0.25) is 0 Å². The molecule has 1 fully saturated rings. The van der Waals surface area contributed by atoms with E-state index in [4.69, 9.17) is 0 Å². The minimum Gasteiger partial charge on any atom is -0.344 e. The van der Waals surface area contributed by atoms with E-state index >= 15 is 0 Å². The molecule has 1 aliphatic rings. The van der Waals surface area contributed by atoms with Crippen molar-refractivity contribution in [2.45, 2.75) is 66.7 Å². The highest BCUT2D eigenvalue weighted by molar-refractivity contribution is 4.59. The van der Waals surface area contributed by atoms with Crippen LogP contribution in [0.25, 0.3) is 0 Å². The Bertz CT molecular complexity index is 47.0. The van der Waals surface area contributed by atoms with Crippen molar-refractivity contribution in [3.8, 4) is 0 Å². The Morgan fingerprint density at radius 3 is 1.25 bits per heavy atom. The maximum Gasteiger partial charge on any atom is -0.0443 e. The summed E-state index contributed by atoms with van der Waals surface area (Å²) in [6, 6.07) is 0. The fourth-order valence-corrected chi connectivity index (χ4v) is 1.31. The number of rotatable bonds is 0. The summed E-state index contributed by atoms with van der Waals surface area (Å²) < 4.78 is 0. The summed E-state index contributed by atoms with van der Waals surface area (Å²) in [5.41, 5.74) is 0. The normalized spacial score (nSPS) is 15.8. The Labute approximate surface area is 79.5 Å². The molecule has 3 N–H and O–H groups in total. The smallest absolute Gasteiger partial charge is 0.0443 e. The van der Waals surface area contributed by atoms with Gasteiger partial charge in [0.25, 0.3) is 0 Å². The Kier molecular flexibility index (Phi) is 25.6. The van der Waals surface area contributed by atoms with Crippen LogP contribution in [0.4, 0.5) is 0 Å². The fourth-order valence-electron chi connectivity index (χ4n) is 1.31. The summed E-state index contributed by atoms with van der Waals surface area (Å²) in [5.74, 6) is 1.04. The lowest BCUT2D eigenvalue weighted by molar-refractivity contribution is 0.385. The van der Waals surface area contributed by atoms with Crippen LogP contribution >= 0.6 is 0 Å². The molecular weight excluding hydrogens is 146 g/mol. The van der Waals surface area contributed by atoms with Crippen molar-refractivity contribution in [3.63, 3.8) is 0 Å². The van der Waals surface area contributed by atoms with Crippen LogP contribution in [-0.2, 0) is 0 Å². The van der Waals surface area contributed by atoms with E-state index in [0.29, 0.717) is 0 Å². The van der Waals surface area contributed by atoms with Gasteiger partial charge in [-0.3, -0.25) is 0 Å². The van der Waals surface area contributed by atoms with Crippen molar-refractivity contribution >= 4 is 0 Å². The van der Waals surface area contributed by atoms with Crippen LogP contribution in [0, 0.1) is 5.92 Å². The summed E-state index contributed by atoms with van der Waals surface area (Å²) in [6.45, 7) is 10.4. The molecular formula is C11H29N. The molecule has 0 aromatic rings. The quantitative estimate of drug-likeness (QED) is 0.564. The first-order chi connectivity index (χ1) is 5.39. The highest BCUT2D eigenvalue weighted by atomic mass is 14.1. The van der Waals surface area contributed by atoms with E-state index in [0.717, 1.165) is 5.92 Å². The molecule has 0 bridgehead atoms. The first-order valence-electron chi connectivity index (χ1n) is 5.39. The third-order valence-corrected chi connectivity index (χ3v) is 1.89. The van der Waals surface area contributed by atoms with Gasteiger partial charge in [0, 0.05) is 0 Å². The molecule has 0 amide bonds. The van der Waals surface area contributed by atoms with Crippen molar-refractivity contribution in [2.75, 3.05) is 0 Å². The van der Waals surface area contributed by atoms with Crippen LogP contribution in [0.3, 0.4) is 0 Å². The summed E-state index contributed by atoms with van der Waals surface area (Å²) in [5, 5.41) is 0. The van der Waals surface area contributed by atoms with E-state index in [2.05, 4.69) is 6.92 Å². The van der Waals surface area contributed by atoms with Gasteiger partial charge in [-0.05, 0) is 5.92 Å². The maximum atomic E-state index is 2.36. The third kappa shape index (κ3) is 12.6. The minimum atomic E-state index is 0. The van der Waals surface area contributed by atoms with Gasteiger partial charge in [0.1, 0.15) is 0 Å². The second-order valence-electron chi connectivity index (χ2n) is 2.74. The van der Waals surface area contributed by atoms with Gasteiger partial charge < -0.3 is 6.15 Å². The monoisotopic (exact) mass is 175 g/mol. The predicted octanol–water partition coefficient (Wildman–Crippen LogP) is 4.80. The van der Waals surface area contributed by atoms with Crippen LogP contribution in [-0.4, -0.2) is 0 Å². The molecule has 0 atom stereocenters. The fraction of sp³-hybridized carbons (Fsp3) is 1.00. The van der Waals surface area contributed by atoms with E-state index in [9.17, 15) is 0 Å². The molecule has 1 nitrogen and oxygen atoms in total. The van der Waals surface area contributed by atoms with E-state index in [1.807, 2.05) is 27.7 Å². The molecule has 1 aliphatic carbocycles. The predicted molar refractivity (Wildman–Crippen MR) is 60.0 cm³/mol. The van der Waals surface area contributed by atoms with E-state index < -0.39 is 0 Å². The number of hydrogen-bond donors (Lipinski definition) is 1. The van der Waals surface area contributed by atoms with E-state index in [-0.39, 0.29) is 6.15 Å². The summed E-state index contributed by atoms with van der Waals surface area (Å²) in [4.78, 5) is 0. The average molecular weight is 175 g/mol. The lowest BCUT2D eigenvalue weighted by Gasteiger charge is -2.15. The molecule has 12 heavy (non-hydrogen) atoms. The molecule has 0 aliphatic heterocycles. The summed E-state index contributed by atoms with van der Waals surface area (Å²) in [7, 11) is 0. The summed E-state index contributed by atoms with van der Waals surface area (Å²) >= 11 is 0. The van der Waals surface area contributed by atoms with Gasteiger partial charge in [-0.1, -0.05) is 66.7 Å². The Hall–Kier alpha value is -0.0400. The first kappa shape index (κ1) is 17.9. The lowest BCUT2D eigenvalue weighted by atomic mass is 9.91. The number of hydrogen-bond acceptors (Lipinski definition) is 1. The van der Waals surface area contributed by atoms with Crippen LogP contribution < -0.4 is 6.15 Å². The van der Waals surface area contributed by atoms with Gasteiger partial charge in [0.05, 0.1) is 0 Å². The van der Waals surface area contributed by atoms with E-state index in [1.165, 1.54) is 32.1 Å². The zero-order valence-corrected chi connectivity index (χ0v) is 9.82. The molecule has 0 unspecified atom stereocenters. The first-order valence-corrected chi connectivity index (χ1v) is 5.39. The highest BCUT2D eigenvalue weighted by Gasteiger charge is 2.05. The highest BCUT2D eigenvalue weighted by Crippen LogP contribution is 2.21. The van der Waals surface area contributed by atoms with Gasteiger partial charge in [0.15, 0.2) is 0 Å². The van der Waals surface area contributed by atoms with Crippen molar-refractivity contribution in [1.29, 1.82) is 0 Å². The van der Waals surface area contributed by atoms with Crippen LogP contribution in [0.5, 0.6) is 0 Å². The van der Waals surface area contributed by atoms with Crippen molar-refractivity contribution in [1.82, 2.24) is 6.15 Å². The molecule has 0 heterocycles. The maximum absolute atomic E-state index is 2.36. The van der Waals surface area contributed by atoms with Crippen LogP contribution in [0.15, 0.2) is 0 Å². The van der Waals surface area contributed by atoms with Gasteiger partial charge in [-0.2, -0.15) is 0 Å². The molecule has 1 rings (SSSR count). The Morgan fingerprint density at radius 2 is 1.08 bits per heavy atom. The molecule has 0 saturated heterocycles. The lowest BCUT2D eigenvalue weighted by Crippen LogP contribution is -1.99. The molecule has 1 heteroatoms. The second-order valence-corrected chi connectivity index (χ2v) is 2.74. The largest absolute Gasteiger partial charge is 0.344 e. The van der Waals surface area contributed by atoms with Gasteiger partial charge in [-0.15, -0.1) is 0 Å². The minimum absolute atomic E-state index is 0. The average Bonchev–Trinajstić information content (AvgIpc) is 2.13. The SMILES string of the molecule is CC.CC.CC1CCCCC1.N. The molecule has 0 radical (unpaired) electrons. The molecule has 0 aromatic carbocycles. The Morgan fingerprint density at radius 1 is 0.750 bits per heavy atom. The Balaban J connectivity index is -0.000000144. The van der Waals surface area contributed by atoms with Crippen molar-refractivity contribution in [2.24, 2.45) is 5.92 Å². The zero-order chi connectivity index (χ0) is 9.11.